The predicted molar refractivity (Wildman–Crippen MR) is 96.7 cm³/mol. The summed E-state index contributed by atoms with van der Waals surface area (Å²) >= 11 is 0. The van der Waals surface area contributed by atoms with E-state index in [4.69, 9.17) is 4.52 Å². The summed E-state index contributed by atoms with van der Waals surface area (Å²) in [6.45, 7) is 2.18. The second-order valence-electron chi connectivity index (χ2n) is 7.76. The number of carbonyl (C=O) groups is 2. The predicted octanol–water partition coefficient (Wildman–Crippen LogP) is 2.34. The van der Waals surface area contributed by atoms with Gasteiger partial charge in [0, 0.05) is 24.9 Å². The Morgan fingerprint density at radius 2 is 2.07 bits per heavy atom. The fourth-order valence-corrected chi connectivity index (χ4v) is 4.06. The lowest BCUT2D eigenvalue weighted by molar-refractivity contribution is -0.146. The van der Waals surface area contributed by atoms with Gasteiger partial charge in [-0.05, 0) is 49.3 Å². The third kappa shape index (κ3) is 2.91. The molecule has 1 aromatic heterocycles. The summed E-state index contributed by atoms with van der Waals surface area (Å²) in [4.78, 5) is 30.2. The summed E-state index contributed by atoms with van der Waals surface area (Å²) in [5, 5.41) is 7.24. The zero-order valence-electron chi connectivity index (χ0n) is 15.3. The Balaban J connectivity index is 1.30. The van der Waals surface area contributed by atoms with Gasteiger partial charge in [0.15, 0.2) is 0 Å². The standard InChI is InChI=1S/C20H22N4O3/c1-11(25)24-9-8-17(24)19(26)21-16-7-5-13-10-14(4-6-15(13)16)18-22-20(27-23-18)12-2-3-12/h4,6,10,12,16-17H,2-3,5,7-9H2,1H3,(H,21,26)/t16-,17+/m1/s1. The third-order valence-electron chi connectivity index (χ3n) is 5.89. The molecule has 0 spiro atoms. The van der Waals surface area contributed by atoms with Gasteiger partial charge in [-0.15, -0.1) is 0 Å². The highest BCUT2D eigenvalue weighted by atomic mass is 16.5. The minimum Gasteiger partial charge on any atom is -0.347 e. The van der Waals surface area contributed by atoms with Crippen molar-refractivity contribution in [2.24, 2.45) is 0 Å². The van der Waals surface area contributed by atoms with Crippen LogP contribution in [0.4, 0.5) is 0 Å². The molecule has 1 aliphatic heterocycles. The van der Waals surface area contributed by atoms with Crippen LogP contribution in [0.15, 0.2) is 22.7 Å². The third-order valence-corrected chi connectivity index (χ3v) is 5.89. The number of aryl methyl sites for hydroxylation is 1. The van der Waals surface area contributed by atoms with Crippen LogP contribution in [0, 0.1) is 0 Å². The van der Waals surface area contributed by atoms with Crippen molar-refractivity contribution in [2.45, 2.75) is 57.0 Å². The first-order valence-corrected chi connectivity index (χ1v) is 9.64. The SMILES string of the molecule is CC(=O)N1CC[C@H]1C(=O)N[C@@H]1CCc2cc(-c3noc(C4CC4)n3)ccc21. The number of fused-ring (bicyclic) bond motifs is 1. The minimum atomic E-state index is -0.314. The number of aromatic nitrogens is 2. The van der Waals surface area contributed by atoms with Gasteiger partial charge in [0.1, 0.15) is 6.04 Å². The number of hydrogen-bond acceptors (Lipinski definition) is 5. The van der Waals surface area contributed by atoms with E-state index in [0.717, 1.165) is 49.1 Å². The molecular weight excluding hydrogens is 344 g/mol. The van der Waals surface area contributed by atoms with E-state index in [0.29, 0.717) is 18.3 Å². The number of nitrogens with zero attached hydrogens (tertiary/aromatic N) is 3. The van der Waals surface area contributed by atoms with Crippen LogP contribution in [0.3, 0.4) is 0 Å². The Labute approximate surface area is 157 Å². The Morgan fingerprint density at radius 1 is 1.22 bits per heavy atom. The number of nitrogens with one attached hydrogen (secondary N) is 1. The molecule has 2 amide bonds. The quantitative estimate of drug-likeness (QED) is 0.897. The Bertz CT molecular complexity index is 918. The molecule has 2 aromatic rings. The normalized spacial score (nSPS) is 23.7. The van der Waals surface area contributed by atoms with Gasteiger partial charge in [0.25, 0.3) is 0 Å². The van der Waals surface area contributed by atoms with Crippen molar-refractivity contribution < 1.29 is 14.1 Å². The van der Waals surface area contributed by atoms with Crippen LogP contribution in [-0.2, 0) is 16.0 Å². The van der Waals surface area contributed by atoms with Crippen molar-refractivity contribution in [2.75, 3.05) is 6.54 Å². The maximum atomic E-state index is 12.5. The van der Waals surface area contributed by atoms with Crippen molar-refractivity contribution in [1.82, 2.24) is 20.4 Å². The van der Waals surface area contributed by atoms with Gasteiger partial charge in [-0.2, -0.15) is 4.98 Å². The summed E-state index contributed by atoms with van der Waals surface area (Å²) in [7, 11) is 0. The second-order valence-corrected chi connectivity index (χ2v) is 7.76. The average Bonchev–Trinajstić information content (AvgIpc) is 3.20. The number of hydrogen-bond donors (Lipinski definition) is 1. The Hall–Kier alpha value is -2.70. The van der Waals surface area contributed by atoms with Gasteiger partial charge < -0.3 is 14.7 Å². The summed E-state index contributed by atoms with van der Waals surface area (Å²) in [6.07, 6.45) is 4.79. The minimum absolute atomic E-state index is 0.00301. The van der Waals surface area contributed by atoms with Gasteiger partial charge in [-0.1, -0.05) is 17.3 Å². The number of amides is 2. The highest BCUT2D eigenvalue weighted by molar-refractivity contribution is 5.88. The topological polar surface area (TPSA) is 88.3 Å². The fourth-order valence-electron chi connectivity index (χ4n) is 4.06. The van der Waals surface area contributed by atoms with Crippen LogP contribution in [0.5, 0.6) is 0 Å². The molecule has 2 aliphatic carbocycles. The molecule has 7 nitrogen and oxygen atoms in total. The van der Waals surface area contributed by atoms with E-state index in [2.05, 4.69) is 27.6 Å². The van der Waals surface area contributed by atoms with E-state index in [1.807, 2.05) is 6.07 Å². The summed E-state index contributed by atoms with van der Waals surface area (Å²) in [6, 6.07) is 5.85. The van der Waals surface area contributed by atoms with Crippen LogP contribution in [0.2, 0.25) is 0 Å². The van der Waals surface area contributed by atoms with Crippen molar-refractivity contribution >= 4 is 11.8 Å². The smallest absolute Gasteiger partial charge is 0.243 e. The second kappa shape index (κ2) is 6.18. The molecule has 2 heterocycles. The molecule has 27 heavy (non-hydrogen) atoms. The molecule has 140 valence electrons. The molecule has 1 saturated heterocycles. The maximum Gasteiger partial charge on any atom is 0.243 e. The lowest BCUT2D eigenvalue weighted by atomic mass is 10.0. The van der Waals surface area contributed by atoms with Crippen molar-refractivity contribution in [3.8, 4) is 11.4 Å². The number of likely N-dealkylation sites (tertiary alicyclic amines) is 1. The van der Waals surface area contributed by atoms with E-state index in [1.165, 1.54) is 12.5 Å². The van der Waals surface area contributed by atoms with E-state index in [9.17, 15) is 9.59 Å². The highest BCUT2D eigenvalue weighted by Crippen LogP contribution is 2.40. The number of rotatable bonds is 4. The summed E-state index contributed by atoms with van der Waals surface area (Å²) in [5.41, 5.74) is 3.32. The summed E-state index contributed by atoms with van der Waals surface area (Å²) < 4.78 is 5.36. The molecule has 5 rings (SSSR count). The molecular formula is C20H22N4O3. The monoisotopic (exact) mass is 366 g/mol. The highest BCUT2D eigenvalue weighted by Gasteiger charge is 2.37. The van der Waals surface area contributed by atoms with Crippen LogP contribution < -0.4 is 5.32 Å². The van der Waals surface area contributed by atoms with E-state index in [-0.39, 0.29) is 23.9 Å². The first-order chi connectivity index (χ1) is 13.1. The molecule has 7 heteroatoms. The molecule has 2 atom stereocenters. The van der Waals surface area contributed by atoms with E-state index >= 15 is 0 Å². The Morgan fingerprint density at radius 3 is 2.78 bits per heavy atom. The average molecular weight is 366 g/mol. The zero-order valence-corrected chi connectivity index (χ0v) is 15.3. The zero-order chi connectivity index (χ0) is 18.5. The van der Waals surface area contributed by atoms with Crippen molar-refractivity contribution in [1.29, 1.82) is 0 Å². The molecule has 1 aromatic carbocycles. The molecule has 3 aliphatic rings. The number of carbonyl (C=O) groups excluding carboxylic acids is 2. The largest absolute Gasteiger partial charge is 0.347 e. The molecule has 0 unspecified atom stereocenters. The van der Waals surface area contributed by atoms with E-state index in [1.54, 1.807) is 4.90 Å². The first kappa shape index (κ1) is 16.5. The lowest BCUT2D eigenvalue weighted by Gasteiger charge is -2.39. The van der Waals surface area contributed by atoms with Gasteiger partial charge in [-0.25, -0.2) is 0 Å². The molecule has 0 bridgehead atoms. The van der Waals surface area contributed by atoms with Gasteiger partial charge in [0.2, 0.25) is 23.5 Å². The van der Waals surface area contributed by atoms with Crippen LogP contribution in [-0.4, -0.2) is 39.4 Å². The summed E-state index contributed by atoms with van der Waals surface area (Å²) in [5.74, 6) is 1.74. The molecule has 1 saturated carbocycles. The Kier molecular flexibility index (Phi) is 3.77. The van der Waals surface area contributed by atoms with Gasteiger partial charge >= 0.3 is 0 Å². The van der Waals surface area contributed by atoms with Gasteiger partial charge in [0.05, 0.1) is 6.04 Å². The van der Waals surface area contributed by atoms with Crippen LogP contribution in [0.25, 0.3) is 11.4 Å². The number of benzene rings is 1. The van der Waals surface area contributed by atoms with Crippen LogP contribution >= 0.6 is 0 Å². The lowest BCUT2D eigenvalue weighted by Crippen LogP contribution is -2.57. The molecule has 0 radical (unpaired) electrons. The first-order valence-electron chi connectivity index (χ1n) is 9.64. The fraction of sp³-hybridized carbons (Fsp3) is 0.500. The maximum absolute atomic E-state index is 12.5. The van der Waals surface area contributed by atoms with Crippen LogP contribution in [0.1, 0.15) is 61.6 Å². The van der Waals surface area contributed by atoms with E-state index < -0.39 is 0 Å². The van der Waals surface area contributed by atoms with Crippen molar-refractivity contribution in [3.63, 3.8) is 0 Å². The van der Waals surface area contributed by atoms with Crippen molar-refractivity contribution in [3.05, 3.63) is 35.2 Å². The molecule has 2 fully saturated rings. The molecule has 1 N–H and O–H groups in total. The van der Waals surface area contributed by atoms with Gasteiger partial charge in [-0.3, -0.25) is 9.59 Å².